The Morgan fingerprint density at radius 1 is 1.14 bits per heavy atom. The number of nitrogen functional groups attached to an aromatic ring is 1. The average molecular weight is 286 g/mol. The molecule has 0 aliphatic heterocycles. The summed E-state index contributed by atoms with van der Waals surface area (Å²) in [7, 11) is 0. The fourth-order valence-electron chi connectivity index (χ4n) is 2.00. The van der Waals surface area contributed by atoms with E-state index in [9.17, 15) is 5.11 Å². The SMILES string of the molecule is CCCOc1cc(NCCc2ccc(O)cc2)ccc1N. The van der Waals surface area contributed by atoms with E-state index in [1.807, 2.05) is 30.3 Å². The molecule has 4 nitrogen and oxygen atoms in total. The number of phenolic OH excluding ortho intramolecular Hbond substituents is 1. The van der Waals surface area contributed by atoms with Crippen LogP contribution in [0.25, 0.3) is 0 Å². The van der Waals surface area contributed by atoms with E-state index in [1.54, 1.807) is 12.1 Å². The van der Waals surface area contributed by atoms with Crippen molar-refractivity contribution in [2.75, 3.05) is 24.2 Å². The Kier molecular flexibility index (Phi) is 5.32. The minimum Gasteiger partial charge on any atom is -0.508 e. The second kappa shape index (κ2) is 7.43. The number of benzene rings is 2. The first-order valence-electron chi connectivity index (χ1n) is 7.23. The maximum Gasteiger partial charge on any atom is 0.144 e. The summed E-state index contributed by atoms with van der Waals surface area (Å²) in [4.78, 5) is 0. The number of nitrogens with two attached hydrogens (primary N) is 1. The Morgan fingerprint density at radius 3 is 2.62 bits per heavy atom. The van der Waals surface area contributed by atoms with Crippen molar-refractivity contribution in [2.24, 2.45) is 0 Å². The second-order valence-electron chi connectivity index (χ2n) is 4.94. The molecule has 0 aromatic heterocycles. The van der Waals surface area contributed by atoms with Crippen LogP contribution in [0.2, 0.25) is 0 Å². The highest BCUT2D eigenvalue weighted by Crippen LogP contribution is 2.25. The van der Waals surface area contributed by atoms with E-state index in [0.29, 0.717) is 18.0 Å². The zero-order chi connectivity index (χ0) is 15.1. The summed E-state index contributed by atoms with van der Waals surface area (Å²) in [6.45, 7) is 3.54. The van der Waals surface area contributed by atoms with Gasteiger partial charge >= 0.3 is 0 Å². The van der Waals surface area contributed by atoms with Gasteiger partial charge in [0.25, 0.3) is 0 Å². The predicted octanol–water partition coefficient (Wildman–Crippen LogP) is 3.42. The number of hydrogen-bond acceptors (Lipinski definition) is 4. The zero-order valence-corrected chi connectivity index (χ0v) is 12.3. The van der Waals surface area contributed by atoms with Crippen LogP contribution in [-0.2, 0) is 6.42 Å². The third kappa shape index (κ3) is 4.60. The molecule has 0 amide bonds. The van der Waals surface area contributed by atoms with Crippen molar-refractivity contribution >= 4 is 11.4 Å². The Morgan fingerprint density at radius 2 is 1.90 bits per heavy atom. The predicted molar refractivity (Wildman–Crippen MR) is 86.9 cm³/mol. The molecular formula is C17H22N2O2. The number of anilines is 2. The van der Waals surface area contributed by atoms with Crippen LogP contribution in [0.4, 0.5) is 11.4 Å². The molecule has 2 aromatic carbocycles. The third-order valence-electron chi connectivity index (χ3n) is 3.15. The Hall–Kier alpha value is -2.36. The molecule has 4 N–H and O–H groups in total. The number of rotatable bonds is 7. The molecule has 4 heteroatoms. The van der Waals surface area contributed by atoms with Gasteiger partial charge in [0.1, 0.15) is 11.5 Å². The number of ether oxygens (including phenoxy) is 1. The average Bonchev–Trinajstić information content (AvgIpc) is 2.49. The lowest BCUT2D eigenvalue weighted by Gasteiger charge is -2.11. The molecule has 0 bridgehead atoms. The highest BCUT2D eigenvalue weighted by atomic mass is 16.5. The fourth-order valence-corrected chi connectivity index (χ4v) is 2.00. The van der Waals surface area contributed by atoms with Gasteiger partial charge in [-0.3, -0.25) is 0 Å². The van der Waals surface area contributed by atoms with E-state index < -0.39 is 0 Å². The first-order valence-corrected chi connectivity index (χ1v) is 7.23. The van der Waals surface area contributed by atoms with E-state index in [4.69, 9.17) is 10.5 Å². The van der Waals surface area contributed by atoms with Gasteiger partial charge in [-0.2, -0.15) is 0 Å². The van der Waals surface area contributed by atoms with Crippen LogP contribution in [0.15, 0.2) is 42.5 Å². The monoisotopic (exact) mass is 286 g/mol. The molecule has 2 rings (SSSR count). The van der Waals surface area contributed by atoms with Gasteiger partial charge in [0.05, 0.1) is 12.3 Å². The van der Waals surface area contributed by atoms with Gasteiger partial charge < -0.3 is 20.9 Å². The topological polar surface area (TPSA) is 67.5 Å². The molecule has 21 heavy (non-hydrogen) atoms. The Labute approximate surface area is 125 Å². The minimum absolute atomic E-state index is 0.294. The molecule has 112 valence electrons. The Balaban J connectivity index is 1.89. The van der Waals surface area contributed by atoms with E-state index >= 15 is 0 Å². The fraction of sp³-hybridized carbons (Fsp3) is 0.294. The first-order chi connectivity index (χ1) is 10.2. The molecule has 0 fully saturated rings. The summed E-state index contributed by atoms with van der Waals surface area (Å²) < 4.78 is 5.61. The van der Waals surface area contributed by atoms with Crippen LogP contribution >= 0.6 is 0 Å². The van der Waals surface area contributed by atoms with Crippen LogP contribution < -0.4 is 15.8 Å². The standard InChI is InChI=1S/C17H22N2O2/c1-2-11-21-17-12-14(5-8-16(17)18)19-10-9-13-3-6-15(20)7-4-13/h3-8,12,19-20H,2,9-11,18H2,1H3. The molecule has 0 saturated heterocycles. The van der Waals surface area contributed by atoms with Gasteiger partial charge in [-0.1, -0.05) is 19.1 Å². The van der Waals surface area contributed by atoms with Crippen LogP contribution in [0, 0.1) is 0 Å². The molecule has 0 saturated carbocycles. The number of hydrogen-bond donors (Lipinski definition) is 3. The first kappa shape index (κ1) is 15.0. The van der Waals surface area contributed by atoms with Crippen molar-refractivity contribution in [1.29, 1.82) is 0 Å². The zero-order valence-electron chi connectivity index (χ0n) is 12.3. The van der Waals surface area contributed by atoms with E-state index in [2.05, 4.69) is 12.2 Å². The molecule has 0 heterocycles. The second-order valence-corrected chi connectivity index (χ2v) is 4.94. The van der Waals surface area contributed by atoms with E-state index in [1.165, 1.54) is 5.56 Å². The van der Waals surface area contributed by atoms with Crippen LogP contribution in [0.5, 0.6) is 11.5 Å². The summed E-state index contributed by atoms with van der Waals surface area (Å²) in [5, 5.41) is 12.6. The van der Waals surface area contributed by atoms with Gasteiger partial charge in [0, 0.05) is 18.3 Å². The molecule has 0 unspecified atom stereocenters. The molecule has 0 radical (unpaired) electrons. The van der Waals surface area contributed by atoms with Crippen molar-refractivity contribution in [2.45, 2.75) is 19.8 Å². The van der Waals surface area contributed by atoms with E-state index in [-0.39, 0.29) is 0 Å². The number of aromatic hydroxyl groups is 1. The van der Waals surface area contributed by atoms with Crippen molar-refractivity contribution in [3.8, 4) is 11.5 Å². The summed E-state index contributed by atoms with van der Waals surface area (Å²) >= 11 is 0. The number of phenols is 1. The maximum absolute atomic E-state index is 9.25. The lowest BCUT2D eigenvalue weighted by molar-refractivity contribution is 0.319. The van der Waals surface area contributed by atoms with Crippen molar-refractivity contribution < 1.29 is 9.84 Å². The lowest BCUT2D eigenvalue weighted by atomic mass is 10.1. The Bertz CT molecular complexity index is 568. The normalized spacial score (nSPS) is 10.3. The van der Waals surface area contributed by atoms with Gasteiger partial charge in [-0.05, 0) is 42.7 Å². The van der Waals surface area contributed by atoms with Crippen molar-refractivity contribution in [3.05, 3.63) is 48.0 Å². The lowest BCUT2D eigenvalue weighted by Crippen LogP contribution is -2.06. The molecule has 0 aliphatic rings. The molecule has 2 aromatic rings. The smallest absolute Gasteiger partial charge is 0.144 e. The highest BCUT2D eigenvalue weighted by Gasteiger charge is 2.02. The summed E-state index contributed by atoms with van der Waals surface area (Å²) in [6, 6.07) is 13.0. The van der Waals surface area contributed by atoms with Gasteiger partial charge in [0.2, 0.25) is 0 Å². The van der Waals surface area contributed by atoms with E-state index in [0.717, 1.165) is 30.8 Å². The summed E-state index contributed by atoms with van der Waals surface area (Å²) in [5.41, 5.74) is 8.72. The molecular weight excluding hydrogens is 264 g/mol. The van der Waals surface area contributed by atoms with Crippen molar-refractivity contribution in [3.63, 3.8) is 0 Å². The van der Waals surface area contributed by atoms with Gasteiger partial charge in [0.15, 0.2) is 0 Å². The minimum atomic E-state index is 0.294. The summed E-state index contributed by atoms with van der Waals surface area (Å²) in [6.07, 6.45) is 1.84. The van der Waals surface area contributed by atoms with Gasteiger partial charge in [-0.25, -0.2) is 0 Å². The number of nitrogens with one attached hydrogen (secondary N) is 1. The summed E-state index contributed by atoms with van der Waals surface area (Å²) in [5.74, 6) is 1.02. The molecule has 0 aliphatic carbocycles. The third-order valence-corrected chi connectivity index (χ3v) is 3.15. The largest absolute Gasteiger partial charge is 0.508 e. The van der Waals surface area contributed by atoms with Gasteiger partial charge in [-0.15, -0.1) is 0 Å². The maximum atomic E-state index is 9.25. The highest BCUT2D eigenvalue weighted by molar-refractivity contribution is 5.61. The van der Waals surface area contributed by atoms with Crippen LogP contribution in [-0.4, -0.2) is 18.3 Å². The van der Waals surface area contributed by atoms with Crippen molar-refractivity contribution in [1.82, 2.24) is 0 Å². The molecule has 0 spiro atoms. The van der Waals surface area contributed by atoms with Crippen LogP contribution in [0.1, 0.15) is 18.9 Å². The van der Waals surface area contributed by atoms with Crippen LogP contribution in [0.3, 0.4) is 0 Å². The molecule has 0 atom stereocenters. The quantitative estimate of drug-likeness (QED) is 0.682.